The van der Waals surface area contributed by atoms with Gasteiger partial charge in [0, 0.05) is 11.6 Å². The first-order chi connectivity index (χ1) is 18.0. The molecule has 0 radical (unpaired) electrons. The number of aliphatic hydroxyl groups is 1. The minimum absolute atomic E-state index is 0.0564. The Morgan fingerprint density at radius 3 is 1.95 bits per heavy atom. The average Bonchev–Trinajstić information content (AvgIpc) is 2.86. The monoisotopic (exact) mass is 571 g/mol. The van der Waals surface area contributed by atoms with Crippen LogP contribution in [0.25, 0.3) is 0 Å². The number of ether oxygens (including phenoxy) is 1. The normalized spacial score (nSPS) is 13.6. The smallest absolute Gasteiger partial charge is 0.460 e. The molecule has 0 spiro atoms. The van der Waals surface area contributed by atoms with Gasteiger partial charge in [-0.2, -0.15) is 43.9 Å². The zero-order chi connectivity index (χ0) is 29.1. The van der Waals surface area contributed by atoms with E-state index in [9.17, 15) is 49.0 Å². The molecular weight excluding hydrogens is 552 g/mol. The third-order valence-electron chi connectivity index (χ3n) is 5.23. The molecule has 3 aromatic rings. The van der Waals surface area contributed by atoms with Crippen LogP contribution in [0.3, 0.4) is 0 Å². The number of benzene rings is 3. The van der Waals surface area contributed by atoms with E-state index in [1.54, 1.807) is 30.3 Å². The van der Waals surface area contributed by atoms with E-state index in [-0.39, 0.29) is 30.2 Å². The Morgan fingerprint density at radius 1 is 0.718 bits per heavy atom. The molecule has 0 aliphatic carbocycles. The fourth-order valence-electron chi connectivity index (χ4n) is 3.16. The molecular formula is C25H19F10NO3. The van der Waals surface area contributed by atoms with Gasteiger partial charge in [-0.25, -0.2) is 5.06 Å². The van der Waals surface area contributed by atoms with Crippen LogP contribution >= 0.6 is 0 Å². The highest BCUT2D eigenvalue weighted by atomic mass is 19.4. The quantitative estimate of drug-likeness (QED) is 0.205. The second kappa shape index (κ2) is 11.2. The standard InChI is InChI=1S/C25H19F10NO3/c26-22(27,24(31,32)25(33,34)35)17-8-4-11-20(12-17)39-36(14-21(37)23(28,29)30)18-9-5-10-19(13-18)38-15-16-6-2-1-3-7-16/h1-13,21,37H,14-15H2. The van der Waals surface area contributed by atoms with Crippen LogP contribution in [0.5, 0.6) is 11.5 Å². The number of alkyl halides is 10. The lowest BCUT2D eigenvalue weighted by Crippen LogP contribution is -2.50. The van der Waals surface area contributed by atoms with Gasteiger partial charge in [-0.05, 0) is 29.8 Å². The first-order valence-electron chi connectivity index (χ1n) is 10.9. The molecule has 0 amide bonds. The Kier molecular flexibility index (Phi) is 8.58. The Labute approximate surface area is 214 Å². The van der Waals surface area contributed by atoms with E-state index in [4.69, 9.17) is 9.57 Å². The van der Waals surface area contributed by atoms with Crippen molar-refractivity contribution in [2.75, 3.05) is 11.6 Å². The summed E-state index contributed by atoms with van der Waals surface area (Å²) in [5.74, 6) is -12.9. The molecule has 3 aromatic carbocycles. The lowest BCUT2D eigenvalue weighted by atomic mass is 10.0. The fourth-order valence-corrected chi connectivity index (χ4v) is 3.16. The van der Waals surface area contributed by atoms with E-state index in [0.29, 0.717) is 11.1 Å². The molecule has 0 heterocycles. The van der Waals surface area contributed by atoms with Gasteiger partial charge in [-0.1, -0.05) is 48.5 Å². The molecule has 1 atom stereocenters. The Morgan fingerprint density at radius 2 is 1.33 bits per heavy atom. The summed E-state index contributed by atoms with van der Waals surface area (Å²) in [6.07, 6.45) is -14.8. The second-order valence-corrected chi connectivity index (χ2v) is 8.16. The maximum absolute atomic E-state index is 14.2. The van der Waals surface area contributed by atoms with Crippen LogP contribution in [0.1, 0.15) is 11.1 Å². The number of aliphatic hydroxyl groups excluding tert-OH is 1. The van der Waals surface area contributed by atoms with Crippen LogP contribution in [0.2, 0.25) is 0 Å². The summed E-state index contributed by atoms with van der Waals surface area (Å²) in [4.78, 5) is 5.18. The van der Waals surface area contributed by atoms with Crippen molar-refractivity contribution in [1.82, 2.24) is 0 Å². The van der Waals surface area contributed by atoms with Gasteiger partial charge < -0.3 is 14.7 Å². The van der Waals surface area contributed by atoms with Crippen molar-refractivity contribution in [1.29, 1.82) is 0 Å². The van der Waals surface area contributed by atoms with Crippen molar-refractivity contribution >= 4 is 5.69 Å². The zero-order valence-electron chi connectivity index (χ0n) is 19.5. The number of hydrogen-bond acceptors (Lipinski definition) is 4. The van der Waals surface area contributed by atoms with Gasteiger partial charge in [0.15, 0.2) is 11.9 Å². The molecule has 212 valence electrons. The minimum Gasteiger partial charge on any atom is -0.489 e. The third kappa shape index (κ3) is 7.05. The zero-order valence-corrected chi connectivity index (χ0v) is 19.5. The Hall–Kier alpha value is -3.68. The van der Waals surface area contributed by atoms with E-state index < -0.39 is 48.2 Å². The molecule has 3 rings (SSSR count). The van der Waals surface area contributed by atoms with Crippen molar-refractivity contribution < 1.29 is 58.6 Å². The molecule has 0 saturated heterocycles. The SMILES string of the molecule is OC(CN(Oc1cccc(C(F)(F)C(F)(F)C(F)(F)F)c1)c1cccc(OCc2ccccc2)c1)C(F)(F)F. The molecule has 0 fully saturated rings. The topological polar surface area (TPSA) is 41.9 Å². The fraction of sp³-hybridized carbons (Fsp3) is 0.280. The van der Waals surface area contributed by atoms with Crippen LogP contribution < -0.4 is 14.6 Å². The maximum Gasteiger partial charge on any atom is 0.460 e. The molecule has 0 aliphatic heterocycles. The highest BCUT2D eigenvalue weighted by molar-refractivity contribution is 5.50. The van der Waals surface area contributed by atoms with Gasteiger partial charge in [-0.15, -0.1) is 0 Å². The molecule has 14 heteroatoms. The predicted molar refractivity (Wildman–Crippen MR) is 119 cm³/mol. The molecule has 0 bridgehead atoms. The molecule has 1 N–H and O–H groups in total. The number of hydroxylamine groups is 1. The van der Waals surface area contributed by atoms with Gasteiger partial charge in [0.2, 0.25) is 0 Å². The third-order valence-corrected chi connectivity index (χ3v) is 5.23. The summed E-state index contributed by atoms with van der Waals surface area (Å²) in [5.41, 5.74) is -1.25. The van der Waals surface area contributed by atoms with Crippen molar-refractivity contribution in [2.45, 2.75) is 36.9 Å². The Balaban J connectivity index is 1.92. The number of nitrogens with zero attached hydrogens (tertiary/aromatic N) is 1. The average molecular weight is 571 g/mol. The highest BCUT2D eigenvalue weighted by Gasteiger charge is 2.73. The molecule has 0 aliphatic rings. The molecule has 39 heavy (non-hydrogen) atoms. The van der Waals surface area contributed by atoms with Crippen molar-refractivity contribution in [3.63, 3.8) is 0 Å². The molecule has 1 unspecified atom stereocenters. The van der Waals surface area contributed by atoms with Gasteiger partial charge in [0.1, 0.15) is 12.4 Å². The lowest BCUT2D eigenvalue weighted by molar-refractivity contribution is -0.359. The van der Waals surface area contributed by atoms with Crippen LogP contribution in [-0.4, -0.2) is 36.0 Å². The van der Waals surface area contributed by atoms with E-state index in [2.05, 4.69) is 0 Å². The second-order valence-electron chi connectivity index (χ2n) is 8.16. The number of halogens is 10. The van der Waals surface area contributed by atoms with E-state index in [1.165, 1.54) is 24.3 Å². The predicted octanol–water partition coefficient (Wildman–Crippen LogP) is 7.28. The van der Waals surface area contributed by atoms with E-state index >= 15 is 0 Å². The van der Waals surface area contributed by atoms with Gasteiger partial charge >= 0.3 is 24.2 Å². The molecule has 0 saturated carbocycles. The minimum atomic E-state index is -6.60. The summed E-state index contributed by atoms with van der Waals surface area (Å²) < 4.78 is 138. The number of anilines is 1. The Bertz CT molecular complexity index is 1230. The van der Waals surface area contributed by atoms with Crippen molar-refractivity contribution in [3.8, 4) is 11.5 Å². The van der Waals surface area contributed by atoms with Crippen LogP contribution in [0.4, 0.5) is 49.6 Å². The summed E-state index contributed by atoms with van der Waals surface area (Å²) in [5, 5.41) is 9.98. The van der Waals surface area contributed by atoms with Gasteiger partial charge in [-0.3, -0.25) is 0 Å². The van der Waals surface area contributed by atoms with Crippen molar-refractivity contribution in [2.24, 2.45) is 0 Å². The van der Waals surface area contributed by atoms with E-state index in [1.807, 2.05) is 0 Å². The number of hydrogen-bond donors (Lipinski definition) is 1. The van der Waals surface area contributed by atoms with Crippen LogP contribution in [0.15, 0.2) is 78.9 Å². The summed E-state index contributed by atoms with van der Waals surface area (Å²) in [6.45, 7) is -1.27. The van der Waals surface area contributed by atoms with E-state index in [0.717, 1.165) is 11.6 Å². The van der Waals surface area contributed by atoms with Gasteiger partial charge in [0.25, 0.3) is 0 Å². The highest BCUT2D eigenvalue weighted by Crippen LogP contribution is 2.52. The van der Waals surface area contributed by atoms with Gasteiger partial charge in [0.05, 0.1) is 12.2 Å². The first-order valence-corrected chi connectivity index (χ1v) is 10.9. The molecule has 0 aromatic heterocycles. The summed E-state index contributed by atoms with van der Waals surface area (Å²) in [6, 6.07) is 15.8. The number of rotatable bonds is 10. The van der Waals surface area contributed by atoms with Crippen LogP contribution in [0, 0.1) is 0 Å². The largest absolute Gasteiger partial charge is 0.489 e. The van der Waals surface area contributed by atoms with Crippen LogP contribution in [-0.2, 0) is 12.5 Å². The van der Waals surface area contributed by atoms with Crippen molar-refractivity contribution in [3.05, 3.63) is 90.0 Å². The summed E-state index contributed by atoms with van der Waals surface area (Å²) >= 11 is 0. The maximum atomic E-state index is 14.2. The summed E-state index contributed by atoms with van der Waals surface area (Å²) in [7, 11) is 0. The molecule has 4 nitrogen and oxygen atoms in total. The first kappa shape index (κ1) is 29.9. The lowest BCUT2D eigenvalue weighted by Gasteiger charge is -2.30.